The van der Waals surface area contributed by atoms with E-state index in [0.29, 0.717) is 12.6 Å². The van der Waals surface area contributed by atoms with Crippen LogP contribution < -0.4 is 5.32 Å². The number of hydrogen-bond donors (Lipinski definition) is 3. The molecule has 1 heterocycles. The van der Waals surface area contributed by atoms with Crippen molar-refractivity contribution in [3.63, 3.8) is 0 Å². The fourth-order valence-corrected chi connectivity index (χ4v) is 1.91. The predicted octanol–water partition coefficient (Wildman–Crippen LogP) is 0.277. The molecule has 0 bridgehead atoms. The number of rotatable bonds is 6. The molecule has 0 aliphatic carbocycles. The molecular formula is C11H23NO3. The molecule has 1 saturated heterocycles. The summed E-state index contributed by atoms with van der Waals surface area (Å²) in [6.45, 7) is 5.30. The molecule has 0 spiro atoms. The lowest BCUT2D eigenvalue weighted by Crippen LogP contribution is -2.46. The summed E-state index contributed by atoms with van der Waals surface area (Å²) in [5.74, 6) is 0. The molecule has 1 rings (SSSR count). The highest BCUT2D eigenvalue weighted by molar-refractivity contribution is 4.83. The lowest BCUT2D eigenvalue weighted by molar-refractivity contribution is 0.0654. The third-order valence-corrected chi connectivity index (χ3v) is 2.79. The van der Waals surface area contributed by atoms with Gasteiger partial charge in [-0.15, -0.1) is 0 Å². The maximum Gasteiger partial charge on any atom is 0.0895 e. The first-order chi connectivity index (χ1) is 7.03. The maximum absolute atomic E-state index is 9.24. The van der Waals surface area contributed by atoms with Crippen LogP contribution in [-0.4, -0.2) is 47.7 Å². The molecule has 0 radical (unpaired) electrons. The van der Waals surface area contributed by atoms with Crippen molar-refractivity contribution in [2.75, 3.05) is 19.8 Å². The minimum atomic E-state index is -0.672. The molecular weight excluding hydrogens is 194 g/mol. The van der Waals surface area contributed by atoms with Crippen molar-refractivity contribution in [1.29, 1.82) is 0 Å². The third-order valence-electron chi connectivity index (χ3n) is 2.79. The maximum atomic E-state index is 9.24. The van der Waals surface area contributed by atoms with Crippen LogP contribution in [0, 0.1) is 0 Å². The van der Waals surface area contributed by atoms with E-state index in [1.807, 2.05) is 0 Å². The van der Waals surface area contributed by atoms with E-state index >= 15 is 0 Å². The zero-order chi connectivity index (χ0) is 11.3. The van der Waals surface area contributed by atoms with Gasteiger partial charge in [-0.25, -0.2) is 0 Å². The largest absolute Gasteiger partial charge is 0.394 e. The van der Waals surface area contributed by atoms with Gasteiger partial charge in [-0.1, -0.05) is 0 Å². The average Bonchev–Trinajstić information content (AvgIpc) is 2.66. The van der Waals surface area contributed by atoms with Crippen molar-refractivity contribution in [3.05, 3.63) is 0 Å². The molecule has 4 heteroatoms. The Bertz CT molecular complexity index is 179. The number of aliphatic hydroxyl groups excluding tert-OH is 2. The third kappa shape index (κ3) is 4.93. The second kappa shape index (κ2) is 5.80. The molecule has 4 nitrogen and oxygen atoms in total. The summed E-state index contributed by atoms with van der Waals surface area (Å²) in [5, 5.41) is 21.2. The van der Waals surface area contributed by atoms with E-state index in [1.54, 1.807) is 0 Å². The van der Waals surface area contributed by atoms with Gasteiger partial charge in [-0.2, -0.15) is 0 Å². The van der Waals surface area contributed by atoms with Crippen LogP contribution in [0.5, 0.6) is 0 Å². The Kier molecular flexibility index (Phi) is 4.99. The van der Waals surface area contributed by atoms with Crippen molar-refractivity contribution in [2.24, 2.45) is 0 Å². The monoisotopic (exact) mass is 217 g/mol. The van der Waals surface area contributed by atoms with Gasteiger partial charge < -0.3 is 20.3 Å². The molecule has 1 aliphatic rings. The van der Waals surface area contributed by atoms with Crippen molar-refractivity contribution >= 4 is 0 Å². The first kappa shape index (κ1) is 12.9. The quantitative estimate of drug-likeness (QED) is 0.598. The molecule has 0 aromatic rings. The summed E-state index contributed by atoms with van der Waals surface area (Å²) < 4.78 is 5.57. The smallest absolute Gasteiger partial charge is 0.0895 e. The molecule has 2 unspecified atom stereocenters. The van der Waals surface area contributed by atoms with Gasteiger partial charge in [-0.05, 0) is 33.1 Å². The van der Waals surface area contributed by atoms with Gasteiger partial charge in [0.05, 0.1) is 18.8 Å². The van der Waals surface area contributed by atoms with Gasteiger partial charge >= 0.3 is 0 Å². The van der Waals surface area contributed by atoms with E-state index in [0.717, 1.165) is 25.9 Å². The van der Waals surface area contributed by atoms with Crippen molar-refractivity contribution in [3.8, 4) is 0 Å². The summed E-state index contributed by atoms with van der Waals surface area (Å²) in [7, 11) is 0. The Labute approximate surface area is 91.6 Å². The van der Waals surface area contributed by atoms with Gasteiger partial charge in [0.25, 0.3) is 0 Å². The zero-order valence-corrected chi connectivity index (χ0v) is 9.70. The van der Waals surface area contributed by atoms with Crippen LogP contribution in [0.25, 0.3) is 0 Å². The predicted molar refractivity (Wildman–Crippen MR) is 58.8 cm³/mol. The normalized spacial score (nSPS) is 24.4. The molecule has 0 saturated carbocycles. The van der Waals surface area contributed by atoms with Crippen LogP contribution in [0.2, 0.25) is 0 Å². The Morgan fingerprint density at radius 3 is 2.80 bits per heavy atom. The minimum absolute atomic E-state index is 0.0504. The highest BCUT2D eigenvalue weighted by Gasteiger charge is 2.26. The summed E-state index contributed by atoms with van der Waals surface area (Å²) in [6, 6.07) is 0. The lowest BCUT2D eigenvalue weighted by Gasteiger charge is -2.29. The van der Waals surface area contributed by atoms with Gasteiger partial charge in [-0.3, -0.25) is 0 Å². The molecule has 0 aromatic heterocycles. The van der Waals surface area contributed by atoms with E-state index in [1.165, 1.54) is 0 Å². The van der Waals surface area contributed by atoms with Crippen LogP contribution in [0.15, 0.2) is 0 Å². The molecule has 1 fully saturated rings. The molecule has 15 heavy (non-hydrogen) atoms. The Morgan fingerprint density at radius 1 is 1.53 bits per heavy atom. The highest BCUT2D eigenvalue weighted by Crippen LogP contribution is 2.22. The molecule has 0 aromatic carbocycles. The summed E-state index contributed by atoms with van der Waals surface area (Å²) in [6.07, 6.45) is 2.91. The van der Waals surface area contributed by atoms with Crippen molar-refractivity contribution in [2.45, 2.75) is 50.9 Å². The van der Waals surface area contributed by atoms with Gasteiger partial charge in [0, 0.05) is 18.7 Å². The first-order valence-electron chi connectivity index (χ1n) is 5.69. The minimum Gasteiger partial charge on any atom is -0.394 e. The number of aliphatic hydroxyl groups is 2. The number of β-amino-alcohol motifs (C(OH)–C–C–N with tert-alkyl or cyclic N) is 1. The molecule has 3 N–H and O–H groups in total. The molecule has 2 atom stereocenters. The fourth-order valence-electron chi connectivity index (χ4n) is 1.91. The van der Waals surface area contributed by atoms with E-state index in [2.05, 4.69) is 19.2 Å². The standard InChI is InChI=1S/C11H23NO3/c1-11(2,12-7-9(14)8-13)6-10-4-3-5-15-10/h9-10,12-14H,3-8H2,1-2H3. The molecule has 90 valence electrons. The van der Waals surface area contributed by atoms with Crippen molar-refractivity contribution < 1.29 is 14.9 Å². The molecule has 1 aliphatic heterocycles. The average molecular weight is 217 g/mol. The fraction of sp³-hybridized carbons (Fsp3) is 1.00. The van der Waals surface area contributed by atoms with Crippen LogP contribution in [0.4, 0.5) is 0 Å². The van der Waals surface area contributed by atoms with E-state index in [9.17, 15) is 5.11 Å². The zero-order valence-electron chi connectivity index (χ0n) is 9.70. The van der Waals surface area contributed by atoms with E-state index in [4.69, 9.17) is 9.84 Å². The summed E-state index contributed by atoms with van der Waals surface area (Å²) >= 11 is 0. The van der Waals surface area contributed by atoms with Crippen LogP contribution in [0.1, 0.15) is 33.1 Å². The number of nitrogens with one attached hydrogen (secondary N) is 1. The van der Waals surface area contributed by atoms with E-state index < -0.39 is 6.10 Å². The second-order valence-electron chi connectivity index (χ2n) is 4.94. The Hall–Kier alpha value is -0.160. The van der Waals surface area contributed by atoms with Crippen LogP contribution in [0.3, 0.4) is 0 Å². The Morgan fingerprint density at radius 2 is 2.27 bits per heavy atom. The summed E-state index contributed by atoms with van der Waals surface area (Å²) in [4.78, 5) is 0. The van der Waals surface area contributed by atoms with Crippen molar-refractivity contribution in [1.82, 2.24) is 5.32 Å². The number of ether oxygens (including phenoxy) is 1. The molecule has 0 amide bonds. The highest BCUT2D eigenvalue weighted by atomic mass is 16.5. The van der Waals surface area contributed by atoms with Crippen LogP contribution in [-0.2, 0) is 4.74 Å². The van der Waals surface area contributed by atoms with Gasteiger partial charge in [0.1, 0.15) is 0 Å². The second-order valence-corrected chi connectivity index (χ2v) is 4.94. The van der Waals surface area contributed by atoms with Gasteiger partial charge in [0.2, 0.25) is 0 Å². The van der Waals surface area contributed by atoms with Crippen LogP contribution >= 0.6 is 0 Å². The topological polar surface area (TPSA) is 61.7 Å². The van der Waals surface area contributed by atoms with E-state index in [-0.39, 0.29) is 12.1 Å². The number of hydrogen-bond acceptors (Lipinski definition) is 4. The Balaban J connectivity index is 2.24. The lowest BCUT2D eigenvalue weighted by atomic mass is 9.95. The first-order valence-corrected chi connectivity index (χ1v) is 5.69. The van der Waals surface area contributed by atoms with Gasteiger partial charge in [0.15, 0.2) is 0 Å². The summed E-state index contributed by atoms with van der Waals surface area (Å²) in [5.41, 5.74) is -0.0504. The SMILES string of the molecule is CC(C)(CC1CCCO1)NCC(O)CO.